The maximum atomic E-state index is 12.6. The van der Waals surface area contributed by atoms with E-state index in [0.29, 0.717) is 28.2 Å². The van der Waals surface area contributed by atoms with E-state index in [-0.39, 0.29) is 5.75 Å². The average molecular weight is 365 g/mol. The Labute approximate surface area is 150 Å². The number of nitrogens with zero attached hydrogens (tertiary/aromatic N) is 2. The Morgan fingerprint density at radius 1 is 1.16 bits per heavy atom. The van der Waals surface area contributed by atoms with Crippen molar-refractivity contribution in [3.05, 3.63) is 53.8 Å². The summed E-state index contributed by atoms with van der Waals surface area (Å²) < 4.78 is 29.7. The molecule has 0 radical (unpaired) electrons. The molecule has 1 aromatic carbocycles. The first-order valence-corrected chi connectivity index (χ1v) is 8.64. The zero-order valence-electron chi connectivity index (χ0n) is 13.7. The van der Waals surface area contributed by atoms with Crippen molar-refractivity contribution in [2.24, 2.45) is 5.92 Å². The number of aromatic nitrogens is 2. The molecule has 1 aromatic heterocycles. The summed E-state index contributed by atoms with van der Waals surface area (Å²) in [5.74, 6) is 1.35. The van der Waals surface area contributed by atoms with E-state index in [0.717, 1.165) is 31.2 Å². The number of ether oxygens (including phenoxy) is 1. The van der Waals surface area contributed by atoms with Crippen LogP contribution in [-0.2, 0) is 0 Å². The zero-order valence-corrected chi connectivity index (χ0v) is 14.4. The number of hydrogen-bond acceptors (Lipinski definition) is 3. The fraction of sp³-hybridized carbons (Fsp3) is 0.368. The lowest BCUT2D eigenvalue weighted by Crippen LogP contribution is -2.12. The Balaban J connectivity index is 1.80. The van der Waals surface area contributed by atoms with Gasteiger partial charge in [0, 0.05) is 17.4 Å². The molecule has 0 N–H and O–H groups in total. The Bertz CT molecular complexity index is 729. The monoisotopic (exact) mass is 364 g/mol. The molecular formula is C19H19ClF2N2O. The molecule has 2 aromatic rings. The summed E-state index contributed by atoms with van der Waals surface area (Å²) in [6, 6.07) is 4.53. The van der Waals surface area contributed by atoms with E-state index in [4.69, 9.17) is 11.6 Å². The van der Waals surface area contributed by atoms with Crippen LogP contribution in [0.5, 0.6) is 5.75 Å². The summed E-state index contributed by atoms with van der Waals surface area (Å²) in [4.78, 5) is 8.72. The molecule has 0 saturated heterocycles. The molecule has 1 fully saturated rings. The Morgan fingerprint density at radius 2 is 1.84 bits per heavy atom. The van der Waals surface area contributed by atoms with Crippen molar-refractivity contribution in [1.82, 2.24) is 9.97 Å². The van der Waals surface area contributed by atoms with Crippen molar-refractivity contribution in [3.63, 3.8) is 0 Å². The molecular weight excluding hydrogens is 346 g/mol. The second kappa shape index (κ2) is 7.91. The number of halogens is 3. The van der Waals surface area contributed by atoms with Gasteiger partial charge in [0.15, 0.2) is 5.82 Å². The van der Waals surface area contributed by atoms with Gasteiger partial charge in [0.2, 0.25) is 0 Å². The van der Waals surface area contributed by atoms with Crippen LogP contribution in [0.4, 0.5) is 8.78 Å². The van der Waals surface area contributed by atoms with E-state index in [2.05, 4.69) is 21.3 Å². The van der Waals surface area contributed by atoms with E-state index in [1.807, 2.05) is 6.08 Å². The molecule has 3 rings (SSSR count). The zero-order chi connectivity index (χ0) is 17.8. The van der Waals surface area contributed by atoms with Crippen LogP contribution in [0.15, 0.2) is 43.2 Å². The van der Waals surface area contributed by atoms with Crippen molar-refractivity contribution in [2.75, 3.05) is 0 Å². The highest BCUT2D eigenvalue weighted by molar-refractivity contribution is 6.30. The van der Waals surface area contributed by atoms with E-state index in [9.17, 15) is 8.78 Å². The van der Waals surface area contributed by atoms with Crippen molar-refractivity contribution < 1.29 is 13.5 Å². The molecule has 1 saturated carbocycles. The SMILES string of the molecule is C=CC1CCC(c2cnc(-c3ccc(Cl)cc3OC(F)F)nc2)CC1. The van der Waals surface area contributed by atoms with Crippen molar-refractivity contribution in [3.8, 4) is 17.1 Å². The highest BCUT2D eigenvalue weighted by atomic mass is 35.5. The number of allylic oxidation sites excluding steroid dienone is 1. The van der Waals surface area contributed by atoms with E-state index in [1.54, 1.807) is 24.5 Å². The van der Waals surface area contributed by atoms with E-state index < -0.39 is 6.61 Å². The van der Waals surface area contributed by atoms with Crippen LogP contribution in [0.2, 0.25) is 5.02 Å². The van der Waals surface area contributed by atoms with Crippen LogP contribution in [0.25, 0.3) is 11.4 Å². The fourth-order valence-corrected chi connectivity index (χ4v) is 3.41. The number of rotatable bonds is 5. The lowest BCUT2D eigenvalue weighted by atomic mass is 9.79. The standard InChI is InChI=1S/C19H19ClF2N2O/c1-2-12-3-5-13(6-4-12)14-10-23-18(24-11-14)16-8-7-15(20)9-17(16)25-19(21)22/h2,7-13,19H,1,3-6H2. The van der Waals surface area contributed by atoms with Gasteiger partial charge in [0.25, 0.3) is 0 Å². The highest BCUT2D eigenvalue weighted by Crippen LogP contribution is 2.36. The summed E-state index contributed by atoms with van der Waals surface area (Å²) in [5, 5.41) is 0.315. The van der Waals surface area contributed by atoms with Gasteiger partial charge in [0.1, 0.15) is 5.75 Å². The molecule has 1 heterocycles. The van der Waals surface area contributed by atoms with Crippen molar-refractivity contribution in [2.45, 2.75) is 38.2 Å². The van der Waals surface area contributed by atoms with Crippen molar-refractivity contribution >= 4 is 11.6 Å². The van der Waals surface area contributed by atoms with Gasteiger partial charge in [-0.15, -0.1) is 6.58 Å². The smallest absolute Gasteiger partial charge is 0.387 e. The van der Waals surface area contributed by atoms with Gasteiger partial charge >= 0.3 is 6.61 Å². The number of benzene rings is 1. The van der Waals surface area contributed by atoms with E-state index >= 15 is 0 Å². The maximum Gasteiger partial charge on any atom is 0.387 e. The summed E-state index contributed by atoms with van der Waals surface area (Å²) in [7, 11) is 0. The van der Waals surface area contributed by atoms with Crippen LogP contribution in [-0.4, -0.2) is 16.6 Å². The minimum absolute atomic E-state index is 0.0262. The van der Waals surface area contributed by atoms with Crippen LogP contribution in [0, 0.1) is 5.92 Å². The Kier molecular flexibility index (Phi) is 5.63. The Morgan fingerprint density at radius 3 is 2.44 bits per heavy atom. The van der Waals surface area contributed by atoms with Crippen LogP contribution in [0.3, 0.4) is 0 Å². The van der Waals surface area contributed by atoms with Crippen molar-refractivity contribution in [1.29, 1.82) is 0 Å². The molecule has 0 amide bonds. The predicted molar refractivity (Wildman–Crippen MR) is 94.0 cm³/mol. The predicted octanol–water partition coefficient (Wildman–Crippen LogP) is 5.86. The summed E-state index contributed by atoms with van der Waals surface area (Å²) in [6.07, 6.45) is 10.0. The van der Waals surface area contributed by atoms with Gasteiger partial charge in [-0.25, -0.2) is 9.97 Å². The quantitative estimate of drug-likeness (QED) is 0.623. The lowest BCUT2D eigenvalue weighted by Gasteiger charge is -2.26. The first kappa shape index (κ1) is 17.8. The molecule has 3 nitrogen and oxygen atoms in total. The number of hydrogen-bond donors (Lipinski definition) is 0. The molecule has 0 atom stereocenters. The van der Waals surface area contributed by atoms with Crippen LogP contribution < -0.4 is 4.74 Å². The van der Waals surface area contributed by atoms with Gasteiger partial charge in [0.05, 0.1) is 5.56 Å². The summed E-state index contributed by atoms with van der Waals surface area (Å²) in [6.45, 7) is 0.929. The first-order valence-electron chi connectivity index (χ1n) is 8.26. The van der Waals surface area contributed by atoms with Gasteiger partial charge < -0.3 is 4.74 Å². The molecule has 0 spiro atoms. The second-order valence-corrected chi connectivity index (χ2v) is 6.64. The molecule has 1 aliphatic rings. The highest BCUT2D eigenvalue weighted by Gasteiger charge is 2.21. The molecule has 1 aliphatic carbocycles. The largest absolute Gasteiger partial charge is 0.434 e. The average Bonchev–Trinajstić information content (AvgIpc) is 2.62. The molecule has 6 heteroatoms. The first-order chi connectivity index (χ1) is 12.1. The van der Waals surface area contributed by atoms with Gasteiger partial charge in [-0.2, -0.15) is 8.78 Å². The maximum absolute atomic E-state index is 12.6. The van der Waals surface area contributed by atoms with Gasteiger partial charge in [-0.05, 0) is 61.3 Å². The van der Waals surface area contributed by atoms with Gasteiger partial charge in [-0.3, -0.25) is 0 Å². The normalized spacial score (nSPS) is 20.5. The molecule has 0 unspecified atom stereocenters. The molecule has 132 valence electrons. The van der Waals surface area contributed by atoms with Crippen LogP contribution >= 0.6 is 11.6 Å². The summed E-state index contributed by atoms with van der Waals surface area (Å²) >= 11 is 5.87. The Hall–Kier alpha value is -2.01. The lowest BCUT2D eigenvalue weighted by molar-refractivity contribution is -0.0494. The summed E-state index contributed by atoms with van der Waals surface area (Å²) in [5.41, 5.74) is 1.48. The fourth-order valence-electron chi connectivity index (χ4n) is 3.25. The molecule has 25 heavy (non-hydrogen) atoms. The topological polar surface area (TPSA) is 35.0 Å². The van der Waals surface area contributed by atoms with Crippen LogP contribution in [0.1, 0.15) is 37.2 Å². The number of alkyl halides is 2. The molecule has 0 bridgehead atoms. The van der Waals surface area contributed by atoms with Gasteiger partial charge in [-0.1, -0.05) is 17.7 Å². The second-order valence-electron chi connectivity index (χ2n) is 6.21. The molecule has 0 aliphatic heterocycles. The minimum atomic E-state index is -2.93. The third kappa shape index (κ3) is 4.34. The minimum Gasteiger partial charge on any atom is -0.434 e. The third-order valence-corrected chi connectivity index (χ3v) is 4.88. The van der Waals surface area contributed by atoms with E-state index in [1.165, 1.54) is 6.07 Å². The third-order valence-electron chi connectivity index (χ3n) is 4.65.